The number of hydrogen-bond acceptors (Lipinski definition) is 9. The van der Waals surface area contributed by atoms with Crippen LogP contribution in [0.3, 0.4) is 0 Å². The molecule has 0 radical (unpaired) electrons. The second-order valence-electron chi connectivity index (χ2n) is 9.27. The van der Waals surface area contributed by atoms with Crippen molar-refractivity contribution in [3.05, 3.63) is 35.5 Å². The molecule has 1 aromatic heterocycles. The number of allylic oxidation sites excluding steroid dienone is 1. The molecule has 1 saturated heterocycles. The van der Waals surface area contributed by atoms with Crippen molar-refractivity contribution in [2.24, 2.45) is 4.99 Å². The van der Waals surface area contributed by atoms with Crippen LogP contribution < -0.4 is 5.32 Å². The molecule has 9 nitrogen and oxygen atoms in total. The van der Waals surface area contributed by atoms with Crippen LogP contribution in [0.5, 0.6) is 0 Å². The molecule has 1 aliphatic carbocycles. The fourth-order valence-corrected chi connectivity index (χ4v) is 5.40. The summed E-state index contributed by atoms with van der Waals surface area (Å²) in [4.78, 5) is 41.3. The van der Waals surface area contributed by atoms with Gasteiger partial charge in [-0.3, -0.25) is 19.4 Å². The smallest absolute Gasteiger partial charge is 0.211 e. The Labute approximate surface area is 210 Å². The van der Waals surface area contributed by atoms with E-state index in [2.05, 4.69) is 25.1 Å². The highest BCUT2D eigenvalue weighted by atomic mass is 32.1. The summed E-state index contributed by atoms with van der Waals surface area (Å²) in [5.74, 6) is -0.400. The van der Waals surface area contributed by atoms with E-state index < -0.39 is 0 Å². The molecule has 0 atom stereocenters. The number of Topliss-reactive ketones (excluding diaryl/α,β-unsaturated/α-hetero) is 2. The van der Waals surface area contributed by atoms with E-state index in [1.54, 1.807) is 12.5 Å². The number of piperazine rings is 1. The van der Waals surface area contributed by atoms with Gasteiger partial charge in [0.2, 0.25) is 5.13 Å². The van der Waals surface area contributed by atoms with Gasteiger partial charge in [-0.25, -0.2) is 9.98 Å². The highest BCUT2D eigenvalue weighted by Gasteiger charge is 2.32. The number of aliphatic hydroxyl groups excluding tert-OH is 1. The van der Waals surface area contributed by atoms with E-state index in [9.17, 15) is 9.59 Å². The van der Waals surface area contributed by atoms with Crippen molar-refractivity contribution in [1.82, 2.24) is 25.0 Å². The second kappa shape index (κ2) is 11.9. The van der Waals surface area contributed by atoms with Crippen molar-refractivity contribution in [3.8, 4) is 0 Å². The second-order valence-corrected chi connectivity index (χ2v) is 10.3. The first kappa shape index (κ1) is 25.4. The number of hydrogen-bond donors (Lipinski definition) is 2. The minimum atomic E-state index is -0.168. The monoisotopic (exact) mass is 498 g/mol. The van der Waals surface area contributed by atoms with Gasteiger partial charge >= 0.3 is 0 Å². The maximum Gasteiger partial charge on any atom is 0.211 e. The zero-order valence-electron chi connectivity index (χ0n) is 20.4. The predicted molar refractivity (Wildman–Crippen MR) is 139 cm³/mol. The standard InChI is InChI=1S/C25H34N6O3S/c1-29(2)17-27-25-28-24-19(4-3-5-23(24)35-25)18-14-21(33)20(22(34)15-18)16-26-6-7-30-8-10-31(11-9-30)12-13-32/h3-5,16-18,26,32H,6-15H2,1-2H3/b20-16?,27-17+. The molecule has 4 rings (SSSR count). The molecule has 2 N–H and O–H groups in total. The molecular weight excluding hydrogens is 464 g/mol. The molecule has 10 heteroatoms. The molecule has 2 heterocycles. The van der Waals surface area contributed by atoms with E-state index in [0.717, 1.165) is 55.0 Å². The van der Waals surface area contributed by atoms with Crippen LogP contribution in [0.15, 0.2) is 35.0 Å². The summed E-state index contributed by atoms with van der Waals surface area (Å²) < 4.78 is 1.01. The van der Waals surface area contributed by atoms with E-state index in [4.69, 9.17) is 5.11 Å². The summed E-state index contributed by atoms with van der Waals surface area (Å²) in [5.41, 5.74) is 2.05. The van der Waals surface area contributed by atoms with Crippen molar-refractivity contribution >= 4 is 44.6 Å². The zero-order valence-corrected chi connectivity index (χ0v) is 21.3. The summed E-state index contributed by atoms with van der Waals surface area (Å²) in [7, 11) is 3.81. The Morgan fingerprint density at radius 3 is 2.49 bits per heavy atom. The Morgan fingerprint density at radius 2 is 1.83 bits per heavy atom. The van der Waals surface area contributed by atoms with Crippen LogP contribution in [0.25, 0.3) is 10.2 Å². The zero-order chi connectivity index (χ0) is 24.8. The van der Waals surface area contributed by atoms with Crippen molar-refractivity contribution in [2.75, 3.05) is 66.5 Å². The van der Waals surface area contributed by atoms with E-state index in [-0.39, 0.29) is 29.7 Å². The van der Waals surface area contributed by atoms with E-state index in [1.165, 1.54) is 11.3 Å². The molecule has 0 amide bonds. The van der Waals surface area contributed by atoms with Gasteiger partial charge in [-0.05, 0) is 11.6 Å². The fourth-order valence-electron chi connectivity index (χ4n) is 4.56. The van der Waals surface area contributed by atoms with E-state index >= 15 is 0 Å². The van der Waals surface area contributed by atoms with Crippen molar-refractivity contribution in [1.29, 1.82) is 0 Å². The highest BCUT2D eigenvalue weighted by Crippen LogP contribution is 2.38. The molecule has 1 aliphatic heterocycles. The molecule has 0 unspecified atom stereocenters. The number of thiazole rings is 1. The lowest BCUT2D eigenvalue weighted by atomic mass is 9.80. The molecule has 2 aromatic rings. The normalized spacial score (nSPS) is 20.2. The minimum absolute atomic E-state index is 0.116. The number of aromatic nitrogens is 1. The minimum Gasteiger partial charge on any atom is -0.395 e. The number of carbonyl (C=O) groups excluding carboxylic acids is 2. The number of fused-ring (bicyclic) bond motifs is 1. The number of aliphatic hydroxyl groups is 1. The molecule has 188 valence electrons. The van der Waals surface area contributed by atoms with E-state index in [0.29, 0.717) is 24.5 Å². The lowest BCUT2D eigenvalue weighted by Gasteiger charge is -2.34. The third-order valence-corrected chi connectivity index (χ3v) is 7.37. The van der Waals surface area contributed by atoms with Gasteiger partial charge in [-0.1, -0.05) is 23.5 Å². The number of nitrogens with zero attached hydrogens (tertiary/aromatic N) is 5. The van der Waals surface area contributed by atoms with Crippen molar-refractivity contribution in [3.63, 3.8) is 0 Å². The van der Waals surface area contributed by atoms with Crippen molar-refractivity contribution < 1.29 is 14.7 Å². The Kier molecular flexibility index (Phi) is 8.61. The topological polar surface area (TPSA) is 101 Å². The summed E-state index contributed by atoms with van der Waals surface area (Å²) in [6.45, 7) is 6.29. The number of β-amino-alcohol motifs (C(OH)–C–C–N with tert-alkyl or cyclic N) is 1. The van der Waals surface area contributed by atoms with Gasteiger partial charge in [-0.15, -0.1) is 0 Å². The third kappa shape index (κ3) is 6.52. The summed E-state index contributed by atoms with van der Waals surface area (Å²) in [6, 6.07) is 5.93. The average molecular weight is 499 g/mol. The third-order valence-electron chi connectivity index (χ3n) is 6.44. The van der Waals surface area contributed by atoms with Crippen molar-refractivity contribution in [2.45, 2.75) is 18.8 Å². The molecule has 35 heavy (non-hydrogen) atoms. The van der Waals surface area contributed by atoms with Gasteiger partial charge in [0.25, 0.3) is 0 Å². The molecular formula is C25H34N6O3S. The first-order chi connectivity index (χ1) is 16.9. The summed E-state index contributed by atoms with van der Waals surface area (Å²) in [6.07, 6.45) is 3.94. The van der Waals surface area contributed by atoms with Crippen LogP contribution in [-0.2, 0) is 9.59 Å². The van der Waals surface area contributed by atoms with Crippen LogP contribution in [0.4, 0.5) is 5.13 Å². The fraction of sp³-hybridized carbons (Fsp3) is 0.520. The first-order valence-electron chi connectivity index (χ1n) is 12.1. The Balaban J connectivity index is 1.34. The average Bonchev–Trinajstić information content (AvgIpc) is 3.26. The maximum absolute atomic E-state index is 12.9. The van der Waals surface area contributed by atoms with Crippen LogP contribution in [0.1, 0.15) is 24.3 Å². The maximum atomic E-state index is 12.9. The van der Waals surface area contributed by atoms with E-state index in [1.807, 2.05) is 37.2 Å². The van der Waals surface area contributed by atoms with Gasteiger partial charge in [0, 0.05) is 84.9 Å². The number of nitrogens with one attached hydrogen (secondary N) is 1. The molecule has 2 aliphatic rings. The Morgan fingerprint density at radius 1 is 1.14 bits per heavy atom. The Hall–Kier alpha value is -2.66. The molecule has 0 bridgehead atoms. The lowest BCUT2D eigenvalue weighted by molar-refractivity contribution is -0.124. The summed E-state index contributed by atoms with van der Waals surface area (Å²) in [5, 5.41) is 12.9. The molecule has 1 aromatic carbocycles. The van der Waals surface area contributed by atoms with Gasteiger partial charge in [0.15, 0.2) is 11.6 Å². The quantitative estimate of drug-likeness (QED) is 0.177. The lowest BCUT2D eigenvalue weighted by Crippen LogP contribution is -2.48. The SMILES string of the molecule is CN(C)/C=N/c1nc2c(C3CC(=O)C(=CNCCN4CCN(CCO)CC4)C(=O)C3)cccc2s1. The van der Waals surface area contributed by atoms with Gasteiger partial charge in [0.05, 0.1) is 28.7 Å². The Bertz CT molecular complexity index is 1080. The molecule has 0 spiro atoms. The van der Waals surface area contributed by atoms with Gasteiger partial charge in [-0.2, -0.15) is 0 Å². The van der Waals surface area contributed by atoms with Gasteiger partial charge < -0.3 is 15.3 Å². The number of benzene rings is 1. The molecule has 2 fully saturated rings. The number of para-hydroxylation sites is 1. The predicted octanol–water partition coefficient (Wildman–Crippen LogP) is 1.62. The summed E-state index contributed by atoms with van der Waals surface area (Å²) >= 11 is 1.50. The van der Waals surface area contributed by atoms with Crippen LogP contribution in [0, 0.1) is 0 Å². The van der Waals surface area contributed by atoms with Crippen LogP contribution in [0.2, 0.25) is 0 Å². The van der Waals surface area contributed by atoms with Crippen LogP contribution >= 0.6 is 11.3 Å². The first-order valence-corrected chi connectivity index (χ1v) is 12.9. The van der Waals surface area contributed by atoms with Crippen LogP contribution in [-0.4, -0.2) is 109 Å². The highest BCUT2D eigenvalue weighted by molar-refractivity contribution is 7.22. The molecule has 1 saturated carbocycles. The number of rotatable bonds is 9. The number of aliphatic imine (C=N–C) groups is 1. The number of ketones is 2. The van der Waals surface area contributed by atoms with Gasteiger partial charge in [0.1, 0.15) is 0 Å². The number of carbonyl (C=O) groups is 2. The largest absolute Gasteiger partial charge is 0.395 e.